The van der Waals surface area contributed by atoms with Crippen LogP contribution in [0.1, 0.15) is 83.8 Å². The number of aliphatic carboxylic acids is 4. The molecule has 34 heteroatoms. The zero-order valence-corrected chi connectivity index (χ0v) is 49.0. The SMILES string of the molecule is CC(C)C[C@H](NC(=O)[C@H](CC(=O)O)NC(=O)[C@H](Cc1ccccc1)NC(=O)[C@H](CC(=O)O)NC(=O)CNC(=O)[C@H](CO)NC(=O)[C@H](CC(N)=O)NC(=O)[C@H](CC(=O)O)NC(=O)[C@H](Cc1ccccc1)NC(=O)[C@H](CC(=O)O)NC(=O)[C@@H](N)CC(C)C)C(N)=O. The Morgan fingerprint density at radius 2 is 0.685 bits per heavy atom. The Morgan fingerprint density at radius 3 is 1.01 bits per heavy atom. The van der Waals surface area contributed by atoms with Gasteiger partial charge in [0.2, 0.25) is 70.9 Å². The topological polar surface area (TPSA) is 573 Å². The van der Waals surface area contributed by atoms with Crippen LogP contribution in [0.4, 0.5) is 0 Å². The minimum Gasteiger partial charge on any atom is -0.481 e. The van der Waals surface area contributed by atoms with Gasteiger partial charge < -0.3 is 95.9 Å². The highest BCUT2D eigenvalue weighted by atomic mass is 16.4. The molecule has 0 spiro atoms. The number of nitrogens with two attached hydrogens (primary N) is 3. The van der Waals surface area contributed by atoms with E-state index in [9.17, 15) is 102 Å². The van der Waals surface area contributed by atoms with E-state index < -0.39 is 200 Å². The first-order valence-corrected chi connectivity index (χ1v) is 27.6. The molecule has 0 unspecified atom stereocenters. The first-order chi connectivity index (χ1) is 41.7. The average molecular weight is 1260 g/mol. The van der Waals surface area contributed by atoms with Crippen LogP contribution in [0.3, 0.4) is 0 Å². The predicted octanol–water partition coefficient (Wildman–Crippen LogP) is -6.38. The van der Waals surface area contributed by atoms with Crippen LogP contribution in [0.15, 0.2) is 60.7 Å². The molecule has 0 bridgehead atoms. The van der Waals surface area contributed by atoms with Gasteiger partial charge in [0.05, 0.1) is 51.3 Å². The Kier molecular flexibility index (Phi) is 31.5. The van der Waals surface area contributed by atoms with Gasteiger partial charge in [-0.2, -0.15) is 0 Å². The normalized spacial score (nSPS) is 14.3. The molecule has 0 aromatic heterocycles. The van der Waals surface area contributed by atoms with Crippen molar-refractivity contribution in [2.75, 3.05) is 13.2 Å². The van der Waals surface area contributed by atoms with Crippen LogP contribution in [-0.2, 0) is 89.6 Å². The average Bonchev–Trinajstić information content (AvgIpc) is 2.82. The van der Waals surface area contributed by atoms with E-state index in [-0.39, 0.29) is 37.5 Å². The maximum atomic E-state index is 14.0. The van der Waals surface area contributed by atoms with Gasteiger partial charge in [-0.05, 0) is 35.8 Å². The standard InChI is InChI=1S/C55H77N13O21/c1-26(2)15-30(56)47(81)62-36(21-43(74)75)54(88)64-33(18-29-13-9-6-10-14-29)50(84)67-38(23-45(78)79)55(89)65-34(19-40(57)70)51(85)68-39(25-69)48(82)59-24-41(71)60-35(20-42(72)73)52(86)63-32(17-28-11-7-5-8-12-28)49(83)66-37(22-44(76)77)53(87)61-31(46(58)80)16-27(3)4/h5-14,26-27,30-39,69H,15-25,56H2,1-4H3,(H2,57,70)(H2,58,80)(H,59,82)(H,60,71)(H,61,87)(H,62,81)(H,63,86)(H,64,88)(H,65,89)(H,66,83)(H,67,84)(H,68,85)(H,72,73)(H,74,75)(H,76,77)(H,78,79)/t30-,31-,32-,33-,34-,35-,36-,37-,38-,39-/m0/s1. The number of hydrogen-bond acceptors (Lipinski definition) is 18. The summed E-state index contributed by atoms with van der Waals surface area (Å²) in [7, 11) is 0. The van der Waals surface area contributed by atoms with Gasteiger partial charge in [-0.15, -0.1) is 0 Å². The lowest BCUT2D eigenvalue weighted by molar-refractivity contribution is -0.142. The van der Waals surface area contributed by atoms with Gasteiger partial charge in [-0.1, -0.05) is 88.4 Å². The third kappa shape index (κ3) is 28.8. The summed E-state index contributed by atoms with van der Waals surface area (Å²) < 4.78 is 0. The molecule has 21 N–H and O–H groups in total. The number of carboxylic acids is 4. The smallest absolute Gasteiger partial charge is 0.305 e. The van der Waals surface area contributed by atoms with E-state index in [1.54, 1.807) is 64.1 Å². The molecular formula is C55H77N13O21. The number of benzene rings is 2. The molecule has 12 amide bonds. The van der Waals surface area contributed by atoms with Gasteiger partial charge >= 0.3 is 23.9 Å². The fraction of sp³-hybridized carbons (Fsp3) is 0.491. The summed E-state index contributed by atoms with van der Waals surface area (Å²) in [5.41, 5.74) is 17.4. The van der Waals surface area contributed by atoms with Crippen molar-refractivity contribution >= 4 is 94.8 Å². The van der Waals surface area contributed by atoms with Gasteiger partial charge in [-0.3, -0.25) is 76.7 Å². The molecule has 34 nitrogen and oxygen atoms in total. The Morgan fingerprint density at radius 1 is 0.382 bits per heavy atom. The van der Waals surface area contributed by atoms with Crippen LogP contribution >= 0.6 is 0 Å². The summed E-state index contributed by atoms with van der Waals surface area (Å²) >= 11 is 0. The molecule has 0 aliphatic rings. The molecule has 0 heterocycles. The fourth-order valence-corrected chi connectivity index (χ4v) is 8.31. The first-order valence-electron chi connectivity index (χ1n) is 27.6. The van der Waals surface area contributed by atoms with Crippen molar-refractivity contribution in [3.63, 3.8) is 0 Å². The second-order valence-corrected chi connectivity index (χ2v) is 21.2. The summed E-state index contributed by atoms with van der Waals surface area (Å²) in [4.78, 5) is 207. The molecule has 0 saturated carbocycles. The Labute approximate surface area is 508 Å². The second-order valence-electron chi connectivity index (χ2n) is 21.2. The van der Waals surface area contributed by atoms with E-state index in [4.69, 9.17) is 17.2 Å². The van der Waals surface area contributed by atoms with Crippen molar-refractivity contribution in [1.29, 1.82) is 0 Å². The number of aliphatic hydroxyl groups excluding tert-OH is 1. The van der Waals surface area contributed by atoms with E-state index in [0.29, 0.717) is 11.1 Å². The number of carboxylic acid groups (broad SMARTS) is 4. The molecule has 0 radical (unpaired) electrons. The summed E-state index contributed by atoms with van der Waals surface area (Å²) in [6, 6.07) is -2.34. The second kappa shape index (κ2) is 37.4. The summed E-state index contributed by atoms with van der Waals surface area (Å²) in [6.07, 6.45) is -6.02. The van der Waals surface area contributed by atoms with Gasteiger partial charge in [-0.25, -0.2) is 0 Å². The molecule has 0 aliphatic carbocycles. The molecular weight excluding hydrogens is 1180 g/mol. The largest absolute Gasteiger partial charge is 0.481 e. The van der Waals surface area contributed by atoms with Crippen LogP contribution in [-0.4, -0.2) is 194 Å². The van der Waals surface area contributed by atoms with Crippen LogP contribution in [0.5, 0.6) is 0 Å². The highest BCUT2D eigenvalue weighted by Crippen LogP contribution is 2.11. The number of carbonyl (C=O) groups excluding carboxylic acids is 12. The Bertz CT molecular complexity index is 2880. The van der Waals surface area contributed by atoms with E-state index in [1.807, 2.05) is 16.0 Å². The van der Waals surface area contributed by atoms with Gasteiger partial charge in [0.1, 0.15) is 54.4 Å². The highest BCUT2D eigenvalue weighted by molar-refractivity contribution is 6.01. The molecule has 488 valence electrons. The maximum absolute atomic E-state index is 14.0. The minimum atomic E-state index is -2.14. The summed E-state index contributed by atoms with van der Waals surface area (Å²) in [5.74, 6) is -21.6. The number of nitrogens with one attached hydrogen (secondary N) is 10. The van der Waals surface area contributed by atoms with E-state index in [1.165, 1.54) is 24.3 Å². The van der Waals surface area contributed by atoms with E-state index in [2.05, 4.69) is 37.2 Å². The van der Waals surface area contributed by atoms with Crippen molar-refractivity contribution in [2.45, 2.75) is 146 Å². The molecule has 0 saturated heterocycles. The zero-order chi connectivity index (χ0) is 67.2. The third-order valence-corrected chi connectivity index (χ3v) is 12.6. The monoisotopic (exact) mass is 1260 g/mol. The number of aliphatic hydroxyl groups is 1. The number of hydrogen-bond donors (Lipinski definition) is 18. The minimum absolute atomic E-state index is 0.0424. The predicted molar refractivity (Wildman–Crippen MR) is 307 cm³/mol. The van der Waals surface area contributed by atoms with Crippen LogP contribution in [0, 0.1) is 11.8 Å². The van der Waals surface area contributed by atoms with Crippen LogP contribution in [0.2, 0.25) is 0 Å². The molecule has 2 aromatic carbocycles. The van der Waals surface area contributed by atoms with E-state index >= 15 is 0 Å². The molecule has 89 heavy (non-hydrogen) atoms. The van der Waals surface area contributed by atoms with Crippen molar-refractivity contribution in [2.24, 2.45) is 29.0 Å². The van der Waals surface area contributed by atoms with Crippen molar-refractivity contribution < 1.29 is 102 Å². The zero-order valence-electron chi connectivity index (χ0n) is 49.0. The molecule has 10 atom stereocenters. The number of rotatable bonds is 40. The number of amides is 12. The van der Waals surface area contributed by atoms with Gasteiger partial charge in [0.15, 0.2) is 0 Å². The van der Waals surface area contributed by atoms with Crippen LogP contribution < -0.4 is 70.4 Å². The van der Waals surface area contributed by atoms with Crippen molar-refractivity contribution in [3.05, 3.63) is 71.8 Å². The van der Waals surface area contributed by atoms with E-state index in [0.717, 1.165) is 0 Å². The van der Waals surface area contributed by atoms with Gasteiger partial charge in [0.25, 0.3) is 0 Å². The lowest BCUT2D eigenvalue weighted by Gasteiger charge is -2.26. The Balaban J connectivity index is 2.33. The Hall–Kier alpha value is -10.1. The first kappa shape index (κ1) is 75.0. The highest BCUT2D eigenvalue weighted by Gasteiger charge is 2.37. The van der Waals surface area contributed by atoms with Crippen molar-refractivity contribution in [3.8, 4) is 0 Å². The fourth-order valence-electron chi connectivity index (χ4n) is 8.31. The van der Waals surface area contributed by atoms with Gasteiger partial charge in [0, 0.05) is 12.8 Å². The molecule has 2 aromatic rings. The van der Waals surface area contributed by atoms with Crippen LogP contribution in [0.25, 0.3) is 0 Å². The summed E-state index contributed by atoms with van der Waals surface area (Å²) in [6.45, 7) is 4.54. The quantitative estimate of drug-likeness (QED) is 0.0295. The molecule has 0 aliphatic heterocycles. The summed E-state index contributed by atoms with van der Waals surface area (Å²) in [5, 5.41) is 70.3. The number of primary amides is 2. The third-order valence-electron chi connectivity index (χ3n) is 12.6. The maximum Gasteiger partial charge on any atom is 0.305 e. The van der Waals surface area contributed by atoms with Crippen molar-refractivity contribution in [1.82, 2.24) is 53.2 Å². The number of carbonyl (C=O) groups is 16. The lowest BCUT2D eigenvalue weighted by Crippen LogP contribution is -2.61. The molecule has 0 fully saturated rings. The lowest BCUT2D eigenvalue weighted by atomic mass is 10.0. The molecule has 2 rings (SSSR count).